The first-order valence-corrected chi connectivity index (χ1v) is 13.0. The Morgan fingerprint density at radius 1 is 0.781 bits per heavy atom. The highest BCUT2D eigenvalue weighted by Gasteiger charge is 2.42. The van der Waals surface area contributed by atoms with Crippen molar-refractivity contribution in [3.63, 3.8) is 0 Å². The lowest BCUT2D eigenvalue weighted by Crippen LogP contribution is -2.03. The molecule has 174 valence electrons. The average molecular weight is 435 g/mol. The predicted molar refractivity (Wildman–Crippen MR) is 134 cm³/mol. The summed E-state index contributed by atoms with van der Waals surface area (Å²) in [5.41, 5.74) is 4.49. The fourth-order valence-corrected chi connectivity index (χ4v) is 5.83. The van der Waals surface area contributed by atoms with Crippen molar-refractivity contribution in [1.29, 1.82) is 0 Å². The van der Waals surface area contributed by atoms with E-state index in [-0.39, 0.29) is 0 Å². The van der Waals surface area contributed by atoms with Gasteiger partial charge in [0.05, 0.1) is 0 Å². The molecule has 2 N–H and O–H groups in total. The molecule has 2 aliphatic rings. The lowest BCUT2D eigenvalue weighted by Gasteiger charge is -2.20. The van der Waals surface area contributed by atoms with Gasteiger partial charge in [-0.3, -0.25) is 0 Å². The molecule has 2 aliphatic carbocycles. The van der Waals surface area contributed by atoms with Gasteiger partial charge < -0.3 is 10.2 Å². The maximum Gasteiger partial charge on any atom is 0.122 e. The van der Waals surface area contributed by atoms with E-state index in [1.165, 1.54) is 25.7 Å². The Kier molecular flexibility index (Phi) is 6.89. The van der Waals surface area contributed by atoms with E-state index in [9.17, 15) is 10.2 Å². The number of aromatic hydroxyl groups is 2. The van der Waals surface area contributed by atoms with Gasteiger partial charge in [0.15, 0.2) is 0 Å². The minimum Gasteiger partial charge on any atom is -0.507 e. The minimum absolute atomic E-state index is 0.375. The van der Waals surface area contributed by atoms with Gasteiger partial charge in [0.25, 0.3) is 0 Å². The number of hydrogen-bond donors (Lipinski definition) is 2. The smallest absolute Gasteiger partial charge is 0.122 e. The van der Waals surface area contributed by atoms with E-state index in [1.54, 1.807) is 0 Å². The molecule has 2 heteroatoms. The van der Waals surface area contributed by atoms with Crippen LogP contribution in [-0.2, 0) is 0 Å². The van der Waals surface area contributed by atoms with Crippen LogP contribution in [0.4, 0.5) is 0 Å². The van der Waals surface area contributed by atoms with Crippen molar-refractivity contribution in [2.45, 2.75) is 96.8 Å². The third kappa shape index (κ3) is 4.70. The van der Waals surface area contributed by atoms with Crippen LogP contribution in [0.1, 0.15) is 119 Å². The van der Waals surface area contributed by atoms with E-state index >= 15 is 0 Å². The number of phenols is 2. The Morgan fingerprint density at radius 2 is 1.31 bits per heavy atom. The van der Waals surface area contributed by atoms with Crippen LogP contribution >= 0.6 is 0 Å². The first-order chi connectivity index (χ1) is 15.3. The summed E-state index contributed by atoms with van der Waals surface area (Å²) in [5, 5.41) is 21.9. The van der Waals surface area contributed by atoms with Crippen LogP contribution in [0.2, 0.25) is 0 Å². The topological polar surface area (TPSA) is 40.5 Å². The number of phenolic OH excluding ortho intramolecular Hbond substituents is 2. The van der Waals surface area contributed by atoms with Crippen molar-refractivity contribution in [3.8, 4) is 11.5 Å². The largest absolute Gasteiger partial charge is 0.507 e. The Bertz CT molecular complexity index is 928. The van der Waals surface area contributed by atoms with Crippen LogP contribution in [0.25, 0.3) is 0 Å². The molecule has 4 rings (SSSR count). The van der Waals surface area contributed by atoms with Crippen LogP contribution in [-0.4, -0.2) is 10.2 Å². The zero-order chi connectivity index (χ0) is 23.0. The molecule has 32 heavy (non-hydrogen) atoms. The molecule has 2 aromatic rings. The molecule has 0 aromatic heterocycles. The second kappa shape index (κ2) is 9.49. The van der Waals surface area contributed by atoms with E-state index < -0.39 is 0 Å². The highest BCUT2D eigenvalue weighted by atomic mass is 16.3. The number of rotatable bonds is 10. The van der Waals surface area contributed by atoms with E-state index in [0.717, 1.165) is 46.9 Å². The van der Waals surface area contributed by atoms with E-state index in [1.807, 2.05) is 0 Å². The van der Waals surface area contributed by atoms with Crippen LogP contribution in [0.3, 0.4) is 0 Å². The zero-order valence-corrected chi connectivity index (χ0v) is 20.6. The molecular weight excluding hydrogens is 392 g/mol. The summed E-state index contributed by atoms with van der Waals surface area (Å²) in [5.74, 6) is 4.86. The second-order valence-electron chi connectivity index (χ2n) is 10.9. The zero-order valence-electron chi connectivity index (χ0n) is 20.6. The van der Waals surface area contributed by atoms with Crippen molar-refractivity contribution in [2.24, 2.45) is 17.8 Å². The first kappa shape index (κ1) is 23.2. The van der Waals surface area contributed by atoms with Crippen LogP contribution in [0.15, 0.2) is 36.4 Å². The second-order valence-corrected chi connectivity index (χ2v) is 10.9. The summed E-state index contributed by atoms with van der Waals surface area (Å²) in [4.78, 5) is 0. The summed E-state index contributed by atoms with van der Waals surface area (Å²) >= 11 is 0. The van der Waals surface area contributed by atoms with Gasteiger partial charge in [0.1, 0.15) is 11.5 Å². The molecule has 0 amide bonds. The van der Waals surface area contributed by atoms with Gasteiger partial charge >= 0.3 is 0 Å². The monoisotopic (exact) mass is 434 g/mol. The summed E-state index contributed by atoms with van der Waals surface area (Å²) in [6.07, 6.45) is 7.22. The van der Waals surface area contributed by atoms with Gasteiger partial charge in [-0.2, -0.15) is 0 Å². The van der Waals surface area contributed by atoms with Gasteiger partial charge in [0.2, 0.25) is 0 Å². The summed E-state index contributed by atoms with van der Waals surface area (Å²) in [6, 6.07) is 12.7. The molecule has 2 saturated carbocycles. The number of benzene rings is 2. The predicted octanol–water partition coefficient (Wildman–Crippen LogP) is 8.45. The SMILES string of the molecule is CC[C@H](C)c1cccc([C@@H](C)C2CC2CC[C@@H](C)c2cccc([C@H](C)C3CC3)c2O)c1O. The van der Waals surface area contributed by atoms with Crippen molar-refractivity contribution in [1.82, 2.24) is 0 Å². The Morgan fingerprint density at radius 3 is 1.88 bits per heavy atom. The molecule has 2 nitrogen and oxygen atoms in total. The molecule has 0 saturated heterocycles. The van der Waals surface area contributed by atoms with Crippen molar-refractivity contribution >= 4 is 0 Å². The highest BCUT2D eigenvalue weighted by Crippen LogP contribution is 2.54. The molecular formula is C30H42O2. The first-order valence-electron chi connectivity index (χ1n) is 13.0. The minimum atomic E-state index is 0.375. The molecule has 6 atom stereocenters. The van der Waals surface area contributed by atoms with E-state index in [4.69, 9.17) is 0 Å². The molecule has 2 unspecified atom stereocenters. The van der Waals surface area contributed by atoms with Crippen molar-refractivity contribution < 1.29 is 10.2 Å². The van der Waals surface area contributed by atoms with Gasteiger partial charge in [0, 0.05) is 0 Å². The van der Waals surface area contributed by atoms with E-state index in [0.29, 0.717) is 41.1 Å². The molecule has 0 spiro atoms. The standard InChI is InChI=1S/C30H42O2/c1-6-18(2)24-9-7-12-27(29(24)31)21(5)28-17-23(28)14-13-19(3)25-10-8-11-26(30(25)32)20(4)22-15-16-22/h7-12,18-23,28,31-32H,6,13-17H2,1-5H3/t18-,19+,20+,21+,23?,28?/m0/s1. The van der Waals surface area contributed by atoms with E-state index in [2.05, 4.69) is 71.0 Å². The average Bonchev–Trinajstić information content (AvgIpc) is 3.70. The maximum absolute atomic E-state index is 11.0. The van der Waals surface area contributed by atoms with Gasteiger partial charge in [-0.05, 0) is 102 Å². The normalized spacial score (nSPS) is 24.0. The fraction of sp³-hybridized carbons (Fsp3) is 0.600. The van der Waals surface area contributed by atoms with Gasteiger partial charge in [-0.25, -0.2) is 0 Å². The molecule has 0 radical (unpaired) electrons. The van der Waals surface area contributed by atoms with Gasteiger partial charge in [-0.1, -0.05) is 71.0 Å². The summed E-state index contributed by atoms with van der Waals surface area (Å²) < 4.78 is 0. The third-order valence-electron chi connectivity index (χ3n) is 8.77. The maximum atomic E-state index is 11.0. The van der Waals surface area contributed by atoms with Gasteiger partial charge in [-0.15, -0.1) is 0 Å². The number of para-hydroxylation sites is 2. The van der Waals surface area contributed by atoms with Crippen molar-refractivity contribution in [2.75, 3.05) is 0 Å². The van der Waals surface area contributed by atoms with Crippen LogP contribution in [0, 0.1) is 17.8 Å². The number of hydrogen-bond acceptors (Lipinski definition) is 2. The summed E-state index contributed by atoms with van der Waals surface area (Å²) in [6.45, 7) is 11.2. The molecule has 0 aliphatic heterocycles. The fourth-order valence-electron chi connectivity index (χ4n) is 5.83. The Labute approximate surface area is 195 Å². The lowest BCUT2D eigenvalue weighted by atomic mass is 9.86. The Hall–Kier alpha value is -1.96. The van der Waals surface area contributed by atoms with Crippen molar-refractivity contribution in [3.05, 3.63) is 58.7 Å². The van der Waals surface area contributed by atoms with Crippen LogP contribution < -0.4 is 0 Å². The molecule has 0 bridgehead atoms. The lowest BCUT2D eigenvalue weighted by molar-refractivity contribution is 0.435. The highest BCUT2D eigenvalue weighted by molar-refractivity contribution is 5.45. The quantitative estimate of drug-likeness (QED) is 0.394. The third-order valence-corrected chi connectivity index (χ3v) is 8.77. The summed E-state index contributed by atoms with van der Waals surface area (Å²) in [7, 11) is 0. The molecule has 2 aromatic carbocycles. The molecule has 0 heterocycles. The Balaban J connectivity index is 1.36. The van der Waals surface area contributed by atoms with Crippen LogP contribution in [0.5, 0.6) is 11.5 Å². The molecule has 2 fully saturated rings.